The molecule has 0 bridgehead atoms. The first-order valence-corrected chi connectivity index (χ1v) is 5.03. The highest BCUT2D eigenvalue weighted by Gasteiger charge is 2.32. The summed E-state index contributed by atoms with van der Waals surface area (Å²) in [6.07, 6.45) is -0.614. The Morgan fingerprint density at radius 3 is 2.69 bits per heavy atom. The van der Waals surface area contributed by atoms with Crippen LogP contribution in [0.5, 0.6) is 0 Å². The van der Waals surface area contributed by atoms with Crippen LogP contribution in [0.25, 0.3) is 0 Å². The first-order chi connectivity index (χ1) is 7.48. The SMILES string of the molecule is NC1CCCN1c1cncc(C(F)(F)F)c1. The minimum Gasteiger partial charge on any atom is -0.355 e. The zero-order valence-electron chi connectivity index (χ0n) is 8.54. The van der Waals surface area contributed by atoms with Crippen molar-refractivity contribution in [2.45, 2.75) is 25.2 Å². The van der Waals surface area contributed by atoms with Crippen molar-refractivity contribution in [3.63, 3.8) is 0 Å². The molecule has 2 N–H and O–H groups in total. The molecule has 0 radical (unpaired) electrons. The maximum absolute atomic E-state index is 12.5. The van der Waals surface area contributed by atoms with E-state index in [9.17, 15) is 13.2 Å². The van der Waals surface area contributed by atoms with E-state index in [1.165, 1.54) is 6.20 Å². The molecule has 2 heterocycles. The number of hydrogen-bond acceptors (Lipinski definition) is 3. The topological polar surface area (TPSA) is 42.1 Å². The minimum absolute atomic E-state index is 0.203. The van der Waals surface area contributed by atoms with Crippen LogP contribution in [-0.4, -0.2) is 17.7 Å². The summed E-state index contributed by atoms with van der Waals surface area (Å²) >= 11 is 0. The van der Waals surface area contributed by atoms with Crippen molar-refractivity contribution in [1.82, 2.24) is 4.98 Å². The van der Waals surface area contributed by atoms with Crippen LogP contribution in [0.4, 0.5) is 18.9 Å². The van der Waals surface area contributed by atoms with Gasteiger partial charge in [-0.3, -0.25) is 4.98 Å². The van der Waals surface area contributed by atoms with Gasteiger partial charge in [-0.15, -0.1) is 0 Å². The van der Waals surface area contributed by atoms with E-state index in [1.807, 2.05) is 0 Å². The van der Waals surface area contributed by atoms with E-state index in [0.29, 0.717) is 12.2 Å². The van der Waals surface area contributed by atoms with Crippen LogP contribution in [0, 0.1) is 0 Å². The molecule has 1 saturated heterocycles. The predicted molar refractivity (Wildman–Crippen MR) is 53.8 cm³/mol. The third kappa shape index (κ3) is 2.11. The molecule has 1 atom stereocenters. The van der Waals surface area contributed by atoms with Crippen molar-refractivity contribution >= 4 is 5.69 Å². The Labute approximate surface area is 91.1 Å². The fraction of sp³-hybridized carbons (Fsp3) is 0.500. The Morgan fingerprint density at radius 2 is 2.12 bits per heavy atom. The van der Waals surface area contributed by atoms with Crippen LogP contribution >= 0.6 is 0 Å². The molecule has 0 amide bonds. The van der Waals surface area contributed by atoms with E-state index in [0.717, 1.165) is 25.1 Å². The largest absolute Gasteiger partial charge is 0.417 e. The fourth-order valence-corrected chi connectivity index (χ4v) is 1.85. The maximum atomic E-state index is 12.5. The number of rotatable bonds is 1. The van der Waals surface area contributed by atoms with Gasteiger partial charge >= 0.3 is 6.18 Å². The Bertz CT molecular complexity index is 378. The Hall–Kier alpha value is -1.30. The molecule has 16 heavy (non-hydrogen) atoms. The summed E-state index contributed by atoms with van der Waals surface area (Å²) in [4.78, 5) is 5.37. The van der Waals surface area contributed by atoms with Gasteiger partial charge in [0, 0.05) is 12.7 Å². The highest BCUT2D eigenvalue weighted by Crippen LogP contribution is 2.32. The van der Waals surface area contributed by atoms with E-state index in [2.05, 4.69) is 4.98 Å². The van der Waals surface area contributed by atoms with Gasteiger partial charge in [-0.05, 0) is 18.9 Å². The van der Waals surface area contributed by atoms with Crippen molar-refractivity contribution in [3.05, 3.63) is 24.0 Å². The van der Waals surface area contributed by atoms with Crippen molar-refractivity contribution in [2.24, 2.45) is 5.73 Å². The molecule has 1 aliphatic rings. The van der Waals surface area contributed by atoms with Crippen LogP contribution in [0.2, 0.25) is 0 Å². The molecule has 1 unspecified atom stereocenters. The molecule has 3 nitrogen and oxygen atoms in total. The lowest BCUT2D eigenvalue weighted by Gasteiger charge is -2.23. The lowest BCUT2D eigenvalue weighted by atomic mass is 10.2. The third-order valence-electron chi connectivity index (χ3n) is 2.68. The van der Waals surface area contributed by atoms with Crippen LogP contribution in [0.1, 0.15) is 18.4 Å². The van der Waals surface area contributed by atoms with Gasteiger partial charge in [0.05, 0.1) is 23.6 Å². The number of nitrogens with zero attached hydrogens (tertiary/aromatic N) is 2. The van der Waals surface area contributed by atoms with Gasteiger partial charge < -0.3 is 10.6 Å². The summed E-state index contributed by atoms with van der Waals surface area (Å²) in [6, 6.07) is 1.10. The Kier molecular flexibility index (Phi) is 2.75. The molecule has 0 saturated carbocycles. The van der Waals surface area contributed by atoms with Crippen molar-refractivity contribution < 1.29 is 13.2 Å². The second kappa shape index (κ2) is 3.93. The number of anilines is 1. The first kappa shape index (κ1) is 11.2. The molecule has 0 spiro atoms. The zero-order valence-corrected chi connectivity index (χ0v) is 8.54. The van der Waals surface area contributed by atoms with E-state index in [4.69, 9.17) is 5.73 Å². The highest BCUT2D eigenvalue weighted by atomic mass is 19.4. The van der Waals surface area contributed by atoms with Gasteiger partial charge in [0.15, 0.2) is 0 Å². The van der Waals surface area contributed by atoms with E-state index >= 15 is 0 Å². The Balaban J connectivity index is 2.29. The monoisotopic (exact) mass is 231 g/mol. The molecular formula is C10H12F3N3. The van der Waals surface area contributed by atoms with Crippen molar-refractivity contribution in [2.75, 3.05) is 11.4 Å². The first-order valence-electron chi connectivity index (χ1n) is 5.03. The van der Waals surface area contributed by atoms with Crippen LogP contribution in [0.3, 0.4) is 0 Å². The number of pyridine rings is 1. The standard InChI is InChI=1S/C10H12F3N3/c11-10(12,13)7-4-8(6-15-5-7)16-3-1-2-9(16)14/h4-6,9H,1-3,14H2. The number of aromatic nitrogens is 1. The number of alkyl halides is 3. The predicted octanol–water partition coefficient (Wildman–Crippen LogP) is 1.99. The molecule has 0 aromatic carbocycles. The molecule has 2 rings (SSSR count). The van der Waals surface area contributed by atoms with Crippen molar-refractivity contribution in [1.29, 1.82) is 0 Å². The van der Waals surface area contributed by atoms with Gasteiger partial charge in [-0.1, -0.05) is 0 Å². The van der Waals surface area contributed by atoms with Gasteiger partial charge in [0.25, 0.3) is 0 Å². The molecule has 88 valence electrons. The second-order valence-corrected chi connectivity index (χ2v) is 3.83. The zero-order chi connectivity index (χ0) is 11.8. The molecule has 1 fully saturated rings. The highest BCUT2D eigenvalue weighted by molar-refractivity contribution is 5.48. The lowest BCUT2D eigenvalue weighted by Crippen LogP contribution is -2.36. The maximum Gasteiger partial charge on any atom is 0.417 e. The second-order valence-electron chi connectivity index (χ2n) is 3.83. The molecule has 0 aliphatic carbocycles. The van der Waals surface area contributed by atoms with Gasteiger partial charge in [-0.25, -0.2) is 0 Å². The Morgan fingerprint density at radius 1 is 1.38 bits per heavy atom. The van der Waals surface area contributed by atoms with Gasteiger partial charge in [-0.2, -0.15) is 13.2 Å². The normalized spacial score (nSPS) is 21.5. The number of hydrogen-bond donors (Lipinski definition) is 1. The fourth-order valence-electron chi connectivity index (χ4n) is 1.85. The van der Waals surface area contributed by atoms with Crippen LogP contribution < -0.4 is 10.6 Å². The summed E-state index contributed by atoms with van der Waals surface area (Å²) in [5.74, 6) is 0. The average Bonchev–Trinajstić information content (AvgIpc) is 2.63. The van der Waals surface area contributed by atoms with Crippen LogP contribution in [-0.2, 0) is 6.18 Å². The summed E-state index contributed by atoms with van der Waals surface area (Å²) in [6.45, 7) is 0.685. The van der Waals surface area contributed by atoms with Gasteiger partial charge in [0.2, 0.25) is 0 Å². The molecule has 1 aromatic heterocycles. The van der Waals surface area contributed by atoms with Crippen molar-refractivity contribution in [3.8, 4) is 0 Å². The molecular weight excluding hydrogens is 219 g/mol. The van der Waals surface area contributed by atoms with E-state index in [-0.39, 0.29) is 6.17 Å². The molecule has 1 aromatic rings. The molecule has 1 aliphatic heterocycles. The van der Waals surface area contributed by atoms with E-state index in [1.54, 1.807) is 4.90 Å². The summed E-state index contributed by atoms with van der Waals surface area (Å²) < 4.78 is 37.4. The minimum atomic E-state index is -4.35. The summed E-state index contributed by atoms with van der Waals surface area (Å²) in [7, 11) is 0. The quantitative estimate of drug-likeness (QED) is 0.803. The van der Waals surface area contributed by atoms with Crippen LogP contribution in [0.15, 0.2) is 18.5 Å². The summed E-state index contributed by atoms with van der Waals surface area (Å²) in [5, 5.41) is 0. The smallest absolute Gasteiger partial charge is 0.355 e. The summed E-state index contributed by atoms with van der Waals surface area (Å²) in [5.41, 5.74) is 5.50. The molecule has 6 heteroatoms. The average molecular weight is 231 g/mol. The van der Waals surface area contributed by atoms with E-state index < -0.39 is 11.7 Å². The third-order valence-corrected chi connectivity index (χ3v) is 2.68. The lowest BCUT2D eigenvalue weighted by molar-refractivity contribution is -0.137. The number of nitrogens with two attached hydrogens (primary N) is 1. The number of halogens is 3. The van der Waals surface area contributed by atoms with Gasteiger partial charge in [0.1, 0.15) is 0 Å².